The molecule has 1 saturated heterocycles. The Labute approximate surface area is 118 Å². The average Bonchev–Trinajstić information content (AvgIpc) is 2.39. The molecule has 1 aliphatic rings. The minimum Gasteiger partial charge on any atom is -0.481 e. The number of hydrogen-bond donors (Lipinski definition) is 1. The zero-order valence-corrected chi connectivity index (χ0v) is 11.6. The van der Waals surface area contributed by atoms with Crippen LogP contribution in [0.25, 0.3) is 0 Å². The van der Waals surface area contributed by atoms with Crippen LogP contribution in [0.15, 0.2) is 24.3 Å². The highest BCUT2D eigenvalue weighted by Crippen LogP contribution is 2.26. The molecule has 104 valence electrons. The van der Waals surface area contributed by atoms with E-state index in [1.807, 2.05) is 18.2 Å². The molecule has 1 fully saturated rings. The highest BCUT2D eigenvalue weighted by molar-refractivity contribution is 6.30. The topological polar surface area (TPSA) is 46.5 Å². The van der Waals surface area contributed by atoms with Gasteiger partial charge in [-0.2, -0.15) is 0 Å². The quantitative estimate of drug-likeness (QED) is 0.900. The fraction of sp³-hybridized carbons (Fsp3) is 0.533. The van der Waals surface area contributed by atoms with E-state index in [1.54, 1.807) is 6.07 Å². The summed E-state index contributed by atoms with van der Waals surface area (Å²) in [5, 5.41) is 10.0. The first-order valence-corrected chi connectivity index (χ1v) is 7.08. The molecule has 0 aromatic heterocycles. The Morgan fingerprint density at radius 1 is 1.42 bits per heavy atom. The Bertz CT molecular complexity index is 427. The third-order valence-corrected chi connectivity index (χ3v) is 3.91. The molecule has 1 aliphatic heterocycles. The van der Waals surface area contributed by atoms with Gasteiger partial charge in [0.2, 0.25) is 0 Å². The van der Waals surface area contributed by atoms with Crippen molar-refractivity contribution in [2.24, 2.45) is 11.8 Å². The van der Waals surface area contributed by atoms with E-state index in [1.165, 1.54) is 0 Å². The summed E-state index contributed by atoms with van der Waals surface area (Å²) < 4.78 is 5.31. The summed E-state index contributed by atoms with van der Waals surface area (Å²) in [6.45, 7) is 1.52. The van der Waals surface area contributed by atoms with Crippen LogP contribution in [0.1, 0.15) is 24.8 Å². The minimum absolute atomic E-state index is 0.332. The molecule has 2 rings (SSSR count). The summed E-state index contributed by atoms with van der Waals surface area (Å²) in [6.07, 6.45) is 3.22. The summed E-state index contributed by atoms with van der Waals surface area (Å²) in [7, 11) is 0. The smallest absolute Gasteiger partial charge is 0.306 e. The second kappa shape index (κ2) is 6.92. The average molecular weight is 283 g/mol. The molecule has 0 aliphatic carbocycles. The number of halogens is 1. The Kier molecular flexibility index (Phi) is 5.23. The van der Waals surface area contributed by atoms with E-state index in [2.05, 4.69) is 0 Å². The van der Waals surface area contributed by atoms with Crippen LogP contribution in [0.4, 0.5) is 0 Å². The van der Waals surface area contributed by atoms with Crippen molar-refractivity contribution in [1.29, 1.82) is 0 Å². The standard InChI is InChI=1S/C15H19ClO3/c16-14-3-1-2-12(10-14)9-13(15(17)18)8-11-4-6-19-7-5-11/h1-3,10-11,13H,4-9H2,(H,17,18). The van der Waals surface area contributed by atoms with Gasteiger partial charge in [-0.25, -0.2) is 0 Å². The van der Waals surface area contributed by atoms with Gasteiger partial charge in [-0.1, -0.05) is 23.7 Å². The van der Waals surface area contributed by atoms with E-state index in [0.29, 0.717) is 17.4 Å². The second-order valence-electron chi connectivity index (χ2n) is 5.16. The van der Waals surface area contributed by atoms with Gasteiger partial charge in [0.25, 0.3) is 0 Å². The summed E-state index contributed by atoms with van der Waals surface area (Å²) in [6, 6.07) is 7.46. The maximum atomic E-state index is 11.4. The Morgan fingerprint density at radius 3 is 2.79 bits per heavy atom. The molecule has 1 atom stereocenters. The number of aliphatic carboxylic acids is 1. The first kappa shape index (κ1) is 14.4. The molecular formula is C15H19ClO3. The SMILES string of the molecule is O=C(O)C(Cc1cccc(Cl)c1)CC1CCOCC1. The fourth-order valence-electron chi connectivity index (χ4n) is 2.60. The third kappa shape index (κ3) is 4.51. The monoisotopic (exact) mass is 282 g/mol. The molecule has 3 nitrogen and oxygen atoms in total. The number of benzene rings is 1. The molecule has 0 bridgehead atoms. The van der Waals surface area contributed by atoms with Crippen LogP contribution in [-0.4, -0.2) is 24.3 Å². The van der Waals surface area contributed by atoms with Gasteiger partial charge in [0.05, 0.1) is 5.92 Å². The third-order valence-electron chi connectivity index (χ3n) is 3.68. The van der Waals surface area contributed by atoms with Gasteiger partial charge >= 0.3 is 5.97 Å². The van der Waals surface area contributed by atoms with Gasteiger partial charge in [-0.15, -0.1) is 0 Å². The van der Waals surface area contributed by atoms with Gasteiger partial charge in [0.15, 0.2) is 0 Å². The van der Waals surface area contributed by atoms with Crippen LogP contribution < -0.4 is 0 Å². The summed E-state index contributed by atoms with van der Waals surface area (Å²) in [5.74, 6) is -0.581. The molecule has 0 amide bonds. The van der Waals surface area contributed by atoms with E-state index in [0.717, 1.165) is 38.0 Å². The molecule has 0 saturated carbocycles. The van der Waals surface area contributed by atoms with Crippen LogP contribution in [0, 0.1) is 11.8 Å². The van der Waals surface area contributed by atoms with Crippen molar-refractivity contribution < 1.29 is 14.6 Å². The van der Waals surface area contributed by atoms with Crippen molar-refractivity contribution in [2.75, 3.05) is 13.2 Å². The van der Waals surface area contributed by atoms with Gasteiger partial charge in [-0.3, -0.25) is 4.79 Å². The number of carbonyl (C=O) groups is 1. The van der Waals surface area contributed by atoms with Crippen LogP contribution in [0.5, 0.6) is 0 Å². The fourth-order valence-corrected chi connectivity index (χ4v) is 2.82. The van der Waals surface area contributed by atoms with Crippen molar-refractivity contribution in [2.45, 2.75) is 25.7 Å². The molecule has 1 aromatic carbocycles. The van der Waals surface area contributed by atoms with E-state index < -0.39 is 5.97 Å². The van der Waals surface area contributed by atoms with Gasteiger partial charge in [-0.05, 0) is 49.3 Å². The molecule has 1 N–H and O–H groups in total. The van der Waals surface area contributed by atoms with E-state index in [9.17, 15) is 9.90 Å². The van der Waals surface area contributed by atoms with E-state index in [4.69, 9.17) is 16.3 Å². The Morgan fingerprint density at radius 2 is 2.16 bits per heavy atom. The normalized spacial score (nSPS) is 18.2. The number of hydrogen-bond acceptors (Lipinski definition) is 2. The van der Waals surface area contributed by atoms with Crippen LogP contribution in [-0.2, 0) is 16.0 Å². The number of carboxylic acids is 1. The molecule has 4 heteroatoms. The molecule has 19 heavy (non-hydrogen) atoms. The molecule has 0 spiro atoms. The lowest BCUT2D eigenvalue weighted by Crippen LogP contribution is -2.24. The summed E-state index contributed by atoms with van der Waals surface area (Å²) in [4.78, 5) is 11.4. The van der Waals surface area contributed by atoms with Crippen LogP contribution in [0.2, 0.25) is 5.02 Å². The predicted octanol–water partition coefficient (Wildman–Crippen LogP) is 3.40. The molecule has 1 aromatic rings. The summed E-state index contributed by atoms with van der Waals surface area (Å²) in [5.41, 5.74) is 0.993. The van der Waals surface area contributed by atoms with Crippen LogP contribution in [0.3, 0.4) is 0 Å². The van der Waals surface area contributed by atoms with Crippen molar-refractivity contribution in [3.63, 3.8) is 0 Å². The Balaban J connectivity index is 1.97. The molecular weight excluding hydrogens is 264 g/mol. The second-order valence-corrected chi connectivity index (χ2v) is 5.60. The zero-order chi connectivity index (χ0) is 13.7. The lowest BCUT2D eigenvalue weighted by Gasteiger charge is -2.24. The first-order chi connectivity index (χ1) is 9.15. The largest absolute Gasteiger partial charge is 0.481 e. The lowest BCUT2D eigenvalue weighted by molar-refractivity contribution is -0.142. The van der Waals surface area contributed by atoms with Gasteiger partial charge in [0, 0.05) is 18.2 Å². The maximum absolute atomic E-state index is 11.4. The van der Waals surface area contributed by atoms with Gasteiger partial charge < -0.3 is 9.84 Å². The number of carboxylic acid groups (broad SMARTS) is 1. The lowest BCUT2D eigenvalue weighted by atomic mass is 9.85. The van der Waals surface area contributed by atoms with Crippen molar-refractivity contribution in [1.82, 2.24) is 0 Å². The number of rotatable bonds is 5. The Hall–Kier alpha value is -1.06. The van der Waals surface area contributed by atoms with Crippen molar-refractivity contribution >= 4 is 17.6 Å². The van der Waals surface area contributed by atoms with Crippen molar-refractivity contribution in [3.8, 4) is 0 Å². The highest BCUT2D eigenvalue weighted by Gasteiger charge is 2.24. The molecule has 0 radical (unpaired) electrons. The van der Waals surface area contributed by atoms with Gasteiger partial charge in [0.1, 0.15) is 0 Å². The predicted molar refractivity (Wildman–Crippen MR) is 74.4 cm³/mol. The first-order valence-electron chi connectivity index (χ1n) is 6.70. The maximum Gasteiger partial charge on any atom is 0.306 e. The van der Waals surface area contributed by atoms with E-state index in [-0.39, 0.29) is 5.92 Å². The number of ether oxygens (including phenoxy) is 1. The van der Waals surface area contributed by atoms with Crippen LogP contribution >= 0.6 is 11.6 Å². The van der Waals surface area contributed by atoms with Crippen molar-refractivity contribution in [3.05, 3.63) is 34.9 Å². The molecule has 1 unspecified atom stereocenters. The van der Waals surface area contributed by atoms with E-state index >= 15 is 0 Å². The minimum atomic E-state index is -0.716. The zero-order valence-electron chi connectivity index (χ0n) is 10.8. The highest BCUT2D eigenvalue weighted by atomic mass is 35.5. The molecule has 1 heterocycles. The summed E-state index contributed by atoms with van der Waals surface area (Å²) >= 11 is 5.94.